The van der Waals surface area contributed by atoms with Crippen molar-refractivity contribution in [2.24, 2.45) is 0 Å². The first-order valence-corrected chi connectivity index (χ1v) is 5.48. The molecule has 0 saturated heterocycles. The van der Waals surface area contributed by atoms with E-state index in [-0.39, 0.29) is 0 Å². The van der Waals surface area contributed by atoms with Crippen molar-refractivity contribution in [2.45, 2.75) is 44.9 Å². The number of hydrogen-bond acceptors (Lipinski definition) is 2. The average molecular weight is 191 g/mol. The molecule has 0 unspecified atom stereocenters. The molecule has 14 heavy (non-hydrogen) atoms. The van der Waals surface area contributed by atoms with E-state index in [1.165, 1.54) is 32.1 Å². The molecule has 0 aliphatic rings. The molecule has 0 atom stereocenters. The Morgan fingerprint density at radius 3 is 2.29 bits per heavy atom. The minimum atomic E-state index is 0.977. The molecule has 1 aromatic rings. The zero-order valence-corrected chi connectivity index (χ0v) is 8.78. The van der Waals surface area contributed by atoms with Crippen LogP contribution in [-0.2, 0) is 6.42 Å². The topological polar surface area (TPSA) is 25.8 Å². The molecule has 0 aromatic carbocycles. The van der Waals surface area contributed by atoms with Gasteiger partial charge in [-0.1, -0.05) is 39.0 Å². The summed E-state index contributed by atoms with van der Waals surface area (Å²) in [5.41, 5.74) is 0. The highest BCUT2D eigenvalue weighted by Crippen LogP contribution is 2.06. The van der Waals surface area contributed by atoms with Crippen molar-refractivity contribution < 1.29 is 0 Å². The van der Waals surface area contributed by atoms with Crippen LogP contribution < -0.4 is 0 Å². The third-order valence-electron chi connectivity index (χ3n) is 2.27. The summed E-state index contributed by atoms with van der Waals surface area (Å²) >= 11 is 0. The van der Waals surface area contributed by atoms with E-state index in [9.17, 15) is 0 Å². The predicted octanol–water partition coefficient (Wildman–Crippen LogP) is 3.19. The van der Waals surface area contributed by atoms with Crippen LogP contribution in [0.25, 0.3) is 0 Å². The second-order valence-corrected chi connectivity index (χ2v) is 3.54. The van der Waals surface area contributed by atoms with E-state index in [0.29, 0.717) is 0 Å². The highest BCUT2D eigenvalue weighted by Gasteiger charge is 1.94. The first-order valence-electron chi connectivity index (χ1n) is 5.48. The van der Waals surface area contributed by atoms with Crippen LogP contribution in [0.2, 0.25) is 0 Å². The lowest BCUT2D eigenvalue weighted by molar-refractivity contribution is 0.609. The van der Waals surface area contributed by atoms with E-state index in [1.54, 1.807) is 0 Å². The van der Waals surface area contributed by atoms with Gasteiger partial charge in [-0.15, -0.1) is 0 Å². The van der Waals surface area contributed by atoms with E-state index in [1.807, 2.05) is 18.5 Å². The molecule has 0 N–H and O–H groups in total. The van der Waals surface area contributed by atoms with Crippen molar-refractivity contribution in [2.75, 3.05) is 0 Å². The van der Waals surface area contributed by atoms with E-state index in [4.69, 9.17) is 0 Å². The lowest BCUT2D eigenvalue weighted by Gasteiger charge is -1.99. The molecule has 1 radical (unpaired) electrons. The highest BCUT2D eigenvalue weighted by molar-refractivity contribution is 4.88. The third-order valence-corrected chi connectivity index (χ3v) is 2.27. The summed E-state index contributed by atoms with van der Waals surface area (Å²) in [5.74, 6) is 0.977. The first-order chi connectivity index (χ1) is 6.93. The lowest BCUT2D eigenvalue weighted by atomic mass is 10.1. The average Bonchev–Trinajstić information content (AvgIpc) is 2.25. The van der Waals surface area contributed by atoms with Crippen LogP contribution in [0.1, 0.15) is 44.3 Å². The van der Waals surface area contributed by atoms with Crippen molar-refractivity contribution in [1.29, 1.82) is 0 Å². The third kappa shape index (κ3) is 4.95. The van der Waals surface area contributed by atoms with Crippen LogP contribution in [0.5, 0.6) is 0 Å². The number of hydrogen-bond donors (Lipinski definition) is 0. The molecule has 0 aliphatic heterocycles. The number of rotatable bonds is 7. The Kier molecular flexibility index (Phi) is 5.96. The monoisotopic (exact) mass is 191 g/mol. The van der Waals surface area contributed by atoms with E-state index in [2.05, 4.69) is 16.9 Å². The smallest absolute Gasteiger partial charge is 0.128 e. The zero-order chi connectivity index (χ0) is 10.1. The molecule has 2 nitrogen and oxygen atoms in total. The second-order valence-electron chi connectivity index (χ2n) is 3.54. The van der Waals surface area contributed by atoms with Gasteiger partial charge in [-0.05, 0) is 12.5 Å². The van der Waals surface area contributed by atoms with E-state index < -0.39 is 0 Å². The molecule has 1 heterocycles. The summed E-state index contributed by atoms with van der Waals surface area (Å²) in [7, 11) is 0. The van der Waals surface area contributed by atoms with Gasteiger partial charge in [0.2, 0.25) is 0 Å². The molecule has 1 aromatic heterocycles. The molecule has 0 amide bonds. The van der Waals surface area contributed by atoms with Gasteiger partial charge < -0.3 is 0 Å². The Balaban J connectivity index is 1.99. The van der Waals surface area contributed by atoms with Crippen LogP contribution in [-0.4, -0.2) is 9.97 Å². The maximum Gasteiger partial charge on any atom is 0.128 e. The van der Waals surface area contributed by atoms with Crippen LogP contribution in [0, 0.1) is 6.92 Å². The number of aromatic nitrogens is 2. The van der Waals surface area contributed by atoms with Crippen LogP contribution in [0.4, 0.5) is 0 Å². The largest absolute Gasteiger partial charge is 0.241 e. The van der Waals surface area contributed by atoms with Gasteiger partial charge >= 0.3 is 0 Å². The van der Waals surface area contributed by atoms with Gasteiger partial charge in [0.1, 0.15) is 5.82 Å². The molecule has 1 rings (SSSR count). The van der Waals surface area contributed by atoms with Crippen molar-refractivity contribution in [3.05, 3.63) is 31.2 Å². The Bertz CT molecular complexity index is 221. The molecule has 0 saturated carbocycles. The molecule has 0 aliphatic carbocycles. The van der Waals surface area contributed by atoms with Crippen LogP contribution >= 0.6 is 0 Å². The maximum atomic E-state index is 4.19. The minimum Gasteiger partial charge on any atom is -0.241 e. The van der Waals surface area contributed by atoms with Crippen LogP contribution in [0.3, 0.4) is 0 Å². The standard InChI is InChI=1S/C12H19N2/c1-2-3-4-5-6-7-9-12-13-10-8-11-14-12/h8,10-11H,1-7,9H2. The van der Waals surface area contributed by atoms with E-state index >= 15 is 0 Å². The van der Waals surface area contributed by atoms with Gasteiger partial charge in [-0.3, -0.25) is 0 Å². The second kappa shape index (κ2) is 7.48. The van der Waals surface area contributed by atoms with E-state index in [0.717, 1.165) is 18.7 Å². The summed E-state index contributed by atoms with van der Waals surface area (Å²) in [6, 6.07) is 1.86. The predicted molar refractivity (Wildman–Crippen MR) is 58.8 cm³/mol. The maximum absolute atomic E-state index is 4.19. The summed E-state index contributed by atoms with van der Waals surface area (Å²) in [5, 5.41) is 0. The molecule has 0 fully saturated rings. The van der Waals surface area contributed by atoms with Crippen molar-refractivity contribution in [3.8, 4) is 0 Å². The first kappa shape index (κ1) is 11.2. The molecule has 0 spiro atoms. The van der Waals surface area contributed by atoms with Crippen molar-refractivity contribution >= 4 is 0 Å². The summed E-state index contributed by atoms with van der Waals surface area (Å²) < 4.78 is 0. The Morgan fingerprint density at radius 2 is 1.57 bits per heavy atom. The number of unbranched alkanes of at least 4 members (excludes halogenated alkanes) is 5. The molecule has 0 bridgehead atoms. The number of aryl methyl sites for hydroxylation is 1. The molecular formula is C12H19N2. The molecular weight excluding hydrogens is 172 g/mol. The van der Waals surface area contributed by atoms with Crippen molar-refractivity contribution in [1.82, 2.24) is 9.97 Å². The van der Waals surface area contributed by atoms with Gasteiger partial charge in [0.15, 0.2) is 0 Å². The molecule has 77 valence electrons. The van der Waals surface area contributed by atoms with Crippen LogP contribution in [0.15, 0.2) is 18.5 Å². The van der Waals surface area contributed by atoms with Gasteiger partial charge in [0.25, 0.3) is 0 Å². The van der Waals surface area contributed by atoms with Crippen molar-refractivity contribution in [3.63, 3.8) is 0 Å². The van der Waals surface area contributed by atoms with Gasteiger partial charge in [0.05, 0.1) is 0 Å². The normalized spacial score (nSPS) is 10.4. The Labute approximate surface area is 86.8 Å². The van der Waals surface area contributed by atoms with Gasteiger partial charge in [0, 0.05) is 18.8 Å². The van der Waals surface area contributed by atoms with Gasteiger partial charge in [-0.2, -0.15) is 0 Å². The number of nitrogens with zero attached hydrogens (tertiary/aromatic N) is 2. The summed E-state index contributed by atoms with van der Waals surface area (Å²) in [6.07, 6.45) is 12.1. The fraction of sp³-hybridized carbons (Fsp3) is 0.583. The highest BCUT2D eigenvalue weighted by atomic mass is 14.8. The zero-order valence-electron chi connectivity index (χ0n) is 8.78. The SMILES string of the molecule is [CH2]CCCCCCCc1ncccn1. The van der Waals surface area contributed by atoms with Gasteiger partial charge in [-0.25, -0.2) is 9.97 Å². The summed E-state index contributed by atoms with van der Waals surface area (Å²) in [6.45, 7) is 3.83. The Hall–Kier alpha value is -0.920. The summed E-state index contributed by atoms with van der Waals surface area (Å²) in [4.78, 5) is 8.38. The minimum absolute atomic E-state index is 0.977. The quantitative estimate of drug-likeness (QED) is 0.618. The fourth-order valence-electron chi connectivity index (χ4n) is 1.45. The fourth-order valence-corrected chi connectivity index (χ4v) is 1.45. The lowest BCUT2D eigenvalue weighted by Crippen LogP contribution is -1.93. The molecule has 2 heteroatoms. The Morgan fingerprint density at radius 1 is 0.929 bits per heavy atom.